The van der Waals surface area contributed by atoms with Crippen LogP contribution in [-0.4, -0.2) is 25.6 Å². The summed E-state index contributed by atoms with van der Waals surface area (Å²) in [7, 11) is -0.235. The number of hydrogen-bond donors (Lipinski definition) is 2. The molecule has 1 atom stereocenters. The lowest BCUT2D eigenvalue weighted by atomic mass is 9.79. The van der Waals surface area contributed by atoms with E-state index < -0.39 is 0 Å². The molecule has 0 bridgehead atoms. The second-order valence-corrected chi connectivity index (χ2v) is 4.08. The molecule has 2 rings (SSSR count). The van der Waals surface area contributed by atoms with E-state index in [1.165, 1.54) is 0 Å². The molecule has 1 aliphatic rings. The zero-order chi connectivity index (χ0) is 9.97. The van der Waals surface area contributed by atoms with Crippen molar-refractivity contribution in [3.05, 3.63) is 24.3 Å². The SMILES string of the molecule is SCC1COB(c2ccc(S)cc2)O1. The molecule has 5 heteroatoms. The van der Waals surface area contributed by atoms with Crippen molar-refractivity contribution in [1.82, 2.24) is 0 Å². The van der Waals surface area contributed by atoms with Crippen molar-refractivity contribution in [1.29, 1.82) is 0 Å². The van der Waals surface area contributed by atoms with Gasteiger partial charge < -0.3 is 9.31 Å². The quantitative estimate of drug-likeness (QED) is 0.579. The normalized spacial score (nSPS) is 21.6. The van der Waals surface area contributed by atoms with Gasteiger partial charge in [0.05, 0.1) is 12.7 Å². The topological polar surface area (TPSA) is 18.5 Å². The van der Waals surface area contributed by atoms with Crippen LogP contribution in [0.1, 0.15) is 0 Å². The lowest BCUT2D eigenvalue weighted by Crippen LogP contribution is -2.32. The monoisotopic (exact) mass is 226 g/mol. The predicted molar refractivity (Wildman–Crippen MR) is 63.8 cm³/mol. The van der Waals surface area contributed by atoms with Crippen LogP contribution in [0, 0.1) is 0 Å². The van der Waals surface area contributed by atoms with Crippen LogP contribution in [0.2, 0.25) is 0 Å². The van der Waals surface area contributed by atoms with Crippen molar-refractivity contribution in [3.8, 4) is 0 Å². The summed E-state index contributed by atoms with van der Waals surface area (Å²) in [5, 5.41) is 0. The number of thiol groups is 2. The Morgan fingerprint density at radius 2 is 2.07 bits per heavy atom. The van der Waals surface area contributed by atoms with Gasteiger partial charge >= 0.3 is 7.12 Å². The van der Waals surface area contributed by atoms with Gasteiger partial charge in [0.2, 0.25) is 0 Å². The molecule has 1 fully saturated rings. The molecule has 14 heavy (non-hydrogen) atoms. The maximum atomic E-state index is 5.61. The van der Waals surface area contributed by atoms with Gasteiger partial charge in [0, 0.05) is 10.6 Å². The minimum Gasteiger partial charge on any atom is -0.405 e. The van der Waals surface area contributed by atoms with Crippen LogP contribution in [0.5, 0.6) is 0 Å². The largest absolute Gasteiger partial charge is 0.494 e. The van der Waals surface area contributed by atoms with E-state index in [1.807, 2.05) is 24.3 Å². The first-order valence-electron chi connectivity index (χ1n) is 4.46. The Morgan fingerprint density at radius 1 is 1.36 bits per heavy atom. The van der Waals surface area contributed by atoms with Gasteiger partial charge in [0.15, 0.2) is 0 Å². The van der Waals surface area contributed by atoms with Crippen LogP contribution < -0.4 is 5.46 Å². The molecule has 1 heterocycles. The van der Waals surface area contributed by atoms with Crippen molar-refractivity contribution in [2.75, 3.05) is 12.4 Å². The molecule has 0 spiro atoms. The summed E-state index contributed by atoms with van der Waals surface area (Å²) in [5.74, 6) is 0.696. The van der Waals surface area contributed by atoms with Gasteiger partial charge in [-0.3, -0.25) is 0 Å². The minimum atomic E-state index is -0.235. The number of rotatable bonds is 2. The number of benzene rings is 1. The van der Waals surface area contributed by atoms with Gasteiger partial charge in [-0.2, -0.15) is 12.6 Å². The Bertz CT molecular complexity index is 304. The summed E-state index contributed by atoms with van der Waals surface area (Å²) < 4.78 is 11.1. The first kappa shape index (κ1) is 10.4. The van der Waals surface area contributed by atoms with Crippen molar-refractivity contribution in [2.24, 2.45) is 0 Å². The van der Waals surface area contributed by atoms with Crippen LogP contribution in [-0.2, 0) is 9.31 Å². The van der Waals surface area contributed by atoms with Gasteiger partial charge in [-0.1, -0.05) is 12.1 Å². The molecule has 0 N–H and O–H groups in total. The van der Waals surface area contributed by atoms with E-state index in [1.54, 1.807) is 0 Å². The smallest absolute Gasteiger partial charge is 0.405 e. The molecule has 1 aromatic carbocycles. The van der Waals surface area contributed by atoms with Gasteiger partial charge in [-0.15, -0.1) is 12.6 Å². The molecule has 0 saturated carbocycles. The Labute approximate surface area is 95.0 Å². The Hall–Kier alpha value is -0.0951. The molecule has 1 aliphatic heterocycles. The van der Waals surface area contributed by atoms with Crippen molar-refractivity contribution in [3.63, 3.8) is 0 Å². The summed E-state index contributed by atoms with van der Waals surface area (Å²) in [6.45, 7) is 0.622. The highest BCUT2D eigenvalue weighted by Gasteiger charge is 2.31. The van der Waals surface area contributed by atoms with E-state index in [9.17, 15) is 0 Å². The van der Waals surface area contributed by atoms with Crippen LogP contribution in [0.3, 0.4) is 0 Å². The fraction of sp³-hybridized carbons (Fsp3) is 0.333. The molecule has 1 saturated heterocycles. The Kier molecular flexibility index (Phi) is 3.44. The standard InChI is InChI=1S/C9H11BO2S2/c13-6-8-5-11-10(12-8)7-1-3-9(14)4-2-7/h1-4,8,13-14H,5-6H2. The molecule has 0 aliphatic carbocycles. The third-order valence-corrected chi connectivity index (χ3v) is 2.82. The molecule has 0 radical (unpaired) electrons. The second-order valence-electron chi connectivity index (χ2n) is 3.20. The molecule has 1 unspecified atom stereocenters. The summed E-state index contributed by atoms with van der Waals surface area (Å²) in [6.07, 6.45) is 0.110. The molecule has 0 aromatic heterocycles. The van der Waals surface area contributed by atoms with E-state index in [2.05, 4.69) is 25.3 Å². The van der Waals surface area contributed by atoms with Crippen LogP contribution >= 0.6 is 25.3 Å². The molecule has 2 nitrogen and oxygen atoms in total. The zero-order valence-corrected chi connectivity index (χ0v) is 9.38. The van der Waals surface area contributed by atoms with Crippen LogP contribution in [0.4, 0.5) is 0 Å². The Balaban J connectivity index is 2.06. The van der Waals surface area contributed by atoms with E-state index in [0.29, 0.717) is 12.4 Å². The van der Waals surface area contributed by atoms with E-state index >= 15 is 0 Å². The third-order valence-electron chi connectivity index (χ3n) is 2.12. The zero-order valence-electron chi connectivity index (χ0n) is 7.59. The lowest BCUT2D eigenvalue weighted by Gasteiger charge is -2.06. The maximum absolute atomic E-state index is 5.61. The van der Waals surface area contributed by atoms with Crippen LogP contribution in [0.15, 0.2) is 29.2 Å². The second kappa shape index (κ2) is 4.62. The van der Waals surface area contributed by atoms with Crippen molar-refractivity contribution < 1.29 is 9.31 Å². The van der Waals surface area contributed by atoms with E-state index in [4.69, 9.17) is 9.31 Å². The third kappa shape index (κ3) is 2.28. The molecule has 74 valence electrons. The lowest BCUT2D eigenvalue weighted by molar-refractivity contribution is 0.263. The summed E-state index contributed by atoms with van der Waals surface area (Å²) in [5.41, 5.74) is 1.03. The van der Waals surface area contributed by atoms with Crippen molar-refractivity contribution in [2.45, 2.75) is 11.0 Å². The number of hydrogen-bond acceptors (Lipinski definition) is 4. The highest BCUT2D eigenvalue weighted by molar-refractivity contribution is 7.80. The van der Waals surface area contributed by atoms with Gasteiger partial charge in [-0.25, -0.2) is 0 Å². The average Bonchev–Trinajstić information content (AvgIpc) is 2.67. The van der Waals surface area contributed by atoms with Crippen molar-refractivity contribution >= 4 is 37.8 Å². The summed E-state index contributed by atoms with van der Waals surface area (Å²) in [4.78, 5) is 0.942. The summed E-state index contributed by atoms with van der Waals surface area (Å²) in [6, 6.07) is 7.79. The van der Waals surface area contributed by atoms with Gasteiger partial charge in [0.1, 0.15) is 0 Å². The predicted octanol–water partition coefficient (Wildman–Crippen LogP) is 1.02. The van der Waals surface area contributed by atoms with E-state index in [-0.39, 0.29) is 13.2 Å². The van der Waals surface area contributed by atoms with Crippen LogP contribution in [0.25, 0.3) is 0 Å². The molecular weight excluding hydrogens is 215 g/mol. The molecule has 1 aromatic rings. The minimum absolute atomic E-state index is 0.110. The average molecular weight is 226 g/mol. The van der Waals surface area contributed by atoms with E-state index in [0.717, 1.165) is 10.4 Å². The van der Waals surface area contributed by atoms with Gasteiger partial charge in [0.25, 0.3) is 0 Å². The highest BCUT2D eigenvalue weighted by atomic mass is 32.1. The first-order chi connectivity index (χ1) is 6.79. The fourth-order valence-electron chi connectivity index (χ4n) is 1.35. The summed E-state index contributed by atoms with van der Waals surface area (Å²) >= 11 is 8.38. The fourth-order valence-corrected chi connectivity index (χ4v) is 1.69. The first-order valence-corrected chi connectivity index (χ1v) is 5.54. The maximum Gasteiger partial charge on any atom is 0.494 e. The Morgan fingerprint density at radius 3 is 2.64 bits per heavy atom. The molecule has 0 amide bonds. The molecular formula is C9H11BO2S2. The highest BCUT2D eigenvalue weighted by Crippen LogP contribution is 2.11. The van der Waals surface area contributed by atoms with Gasteiger partial charge in [-0.05, 0) is 17.6 Å².